The minimum absolute atomic E-state index is 0.465. The summed E-state index contributed by atoms with van der Waals surface area (Å²) in [5.41, 5.74) is 6.78. The van der Waals surface area contributed by atoms with Gasteiger partial charge in [-0.25, -0.2) is 19.4 Å². The number of benzene rings is 3. The van der Waals surface area contributed by atoms with Crippen molar-refractivity contribution in [2.75, 3.05) is 18.1 Å². The number of carboxylic acids is 2. The van der Waals surface area contributed by atoms with Crippen LogP contribution in [0.25, 0.3) is 26.7 Å². The van der Waals surface area contributed by atoms with Gasteiger partial charge in [-0.15, -0.1) is 20.0 Å². The number of hydrogen-bond donors (Lipinski definition) is 2. The highest BCUT2D eigenvalue weighted by Gasteiger charge is 2.28. The highest BCUT2D eigenvalue weighted by Crippen LogP contribution is 2.49. The average Bonchev–Trinajstić information content (AvgIpc) is 3.98. The molecular formula is C44H33N2O8S6+. The Morgan fingerprint density at radius 1 is 0.867 bits per heavy atom. The van der Waals surface area contributed by atoms with Gasteiger partial charge in [0.15, 0.2) is 13.2 Å². The van der Waals surface area contributed by atoms with Crippen LogP contribution in [0.15, 0.2) is 139 Å². The summed E-state index contributed by atoms with van der Waals surface area (Å²) in [5.74, 6) is -1.80. The molecule has 3 aliphatic rings. The molecule has 0 fully saturated rings. The molecule has 5 aromatic rings. The Morgan fingerprint density at radius 3 is 2.45 bits per heavy atom. The summed E-state index contributed by atoms with van der Waals surface area (Å²) in [6, 6.07) is 33.5. The van der Waals surface area contributed by atoms with E-state index in [9.17, 15) is 9.59 Å². The molecule has 0 radical (unpaired) electrons. The minimum atomic E-state index is -1.13. The van der Waals surface area contributed by atoms with Gasteiger partial charge in [-0.2, -0.15) is 0 Å². The molecule has 2 N–H and O–H groups in total. The van der Waals surface area contributed by atoms with Crippen LogP contribution in [0.3, 0.4) is 0 Å². The monoisotopic (exact) mass is 909 g/mol. The number of allylic oxidation sites excluding steroid dienone is 6. The molecule has 302 valence electrons. The van der Waals surface area contributed by atoms with E-state index in [0.29, 0.717) is 5.92 Å². The lowest BCUT2D eigenvalue weighted by molar-refractivity contribution is -0.551. The first-order valence-electron chi connectivity index (χ1n) is 18.4. The third-order valence-corrected chi connectivity index (χ3v) is 14.0. The predicted octanol–water partition coefficient (Wildman–Crippen LogP) is 11.0. The number of nitrogens with zero attached hydrogens (tertiary/aromatic N) is 2. The summed E-state index contributed by atoms with van der Waals surface area (Å²) in [6.07, 6.45) is 13.0. The zero-order valence-corrected chi connectivity index (χ0v) is 36.3. The van der Waals surface area contributed by atoms with E-state index in [0.717, 1.165) is 96.0 Å². The summed E-state index contributed by atoms with van der Waals surface area (Å²) >= 11 is 8.21. The Labute approximate surface area is 371 Å². The van der Waals surface area contributed by atoms with Crippen molar-refractivity contribution in [3.63, 3.8) is 0 Å². The van der Waals surface area contributed by atoms with Crippen LogP contribution in [0.2, 0.25) is 0 Å². The number of fused-ring (bicyclic) bond motifs is 3. The summed E-state index contributed by atoms with van der Waals surface area (Å²) in [4.78, 5) is 37.5. The van der Waals surface area contributed by atoms with Gasteiger partial charge in [0, 0.05) is 43.0 Å². The molecular weight excluding hydrogens is 877 g/mol. The minimum Gasteiger partial charge on any atom is -0.479 e. The van der Waals surface area contributed by atoms with E-state index in [1.165, 1.54) is 21.6 Å². The van der Waals surface area contributed by atoms with Crippen molar-refractivity contribution in [3.05, 3.63) is 129 Å². The molecule has 1 unspecified atom stereocenters. The molecule has 0 bridgehead atoms. The molecule has 1 atom stereocenters. The van der Waals surface area contributed by atoms with Gasteiger partial charge in [0.05, 0.1) is 16.0 Å². The zero-order valence-electron chi connectivity index (χ0n) is 31.4. The van der Waals surface area contributed by atoms with E-state index >= 15 is 0 Å². The van der Waals surface area contributed by atoms with Crippen LogP contribution in [0.5, 0.6) is 0 Å². The fourth-order valence-electron chi connectivity index (χ4n) is 6.71. The number of aliphatic carboxylic acids is 2. The van der Waals surface area contributed by atoms with Crippen molar-refractivity contribution in [1.29, 1.82) is 0 Å². The van der Waals surface area contributed by atoms with Crippen LogP contribution in [-0.2, 0) is 28.0 Å². The van der Waals surface area contributed by atoms with Crippen LogP contribution in [0.4, 0.5) is 5.69 Å². The molecule has 0 saturated carbocycles. The molecule has 60 heavy (non-hydrogen) atoms. The molecule has 3 aromatic carbocycles. The Hall–Kier alpha value is -4.69. The molecule has 0 saturated heterocycles. The van der Waals surface area contributed by atoms with Crippen molar-refractivity contribution >= 4 is 104 Å². The molecule has 10 nitrogen and oxygen atoms in total. The quantitative estimate of drug-likeness (QED) is 0.0292. The second-order valence-electron chi connectivity index (χ2n) is 13.3. The number of carboxylic acid groups (broad SMARTS) is 2. The fourth-order valence-corrected chi connectivity index (χ4v) is 11.1. The van der Waals surface area contributed by atoms with Gasteiger partial charge in [0.1, 0.15) is 28.8 Å². The number of anilines is 1. The highest BCUT2D eigenvalue weighted by atomic mass is 32.2. The summed E-state index contributed by atoms with van der Waals surface area (Å²) in [6.45, 7) is -1.16. The maximum absolute atomic E-state index is 10.8. The fraction of sp³-hybridized carbons (Fsp3) is 0.159. The van der Waals surface area contributed by atoms with Crippen molar-refractivity contribution < 1.29 is 42.8 Å². The summed E-state index contributed by atoms with van der Waals surface area (Å²) in [7, 11) is 0. The number of hydrogen-bond acceptors (Lipinski definition) is 13. The first-order valence-corrected chi connectivity index (χ1v) is 23.2. The van der Waals surface area contributed by atoms with Gasteiger partial charge in [-0.1, -0.05) is 81.9 Å². The molecule has 2 aliphatic carbocycles. The molecule has 2 aromatic heterocycles. The van der Waals surface area contributed by atoms with Gasteiger partial charge in [-0.3, -0.25) is 4.90 Å². The first-order chi connectivity index (χ1) is 29.4. The Bertz CT molecular complexity index is 2670. The van der Waals surface area contributed by atoms with E-state index in [2.05, 4.69) is 117 Å². The molecule has 3 heterocycles. The highest BCUT2D eigenvalue weighted by molar-refractivity contribution is 8.03. The lowest BCUT2D eigenvalue weighted by Gasteiger charge is -2.28. The Kier molecular flexibility index (Phi) is 14.2. The third kappa shape index (κ3) is 10.8. The second kappa shape index (κ2) is 20.2. The maximum Gasteiger partial charge on any atom is 0.333 e. The van der Waals surface area contributed by atoms with Crippen molar-refractivity contribution in [3.8, 4) is 33.0 Å². The lowest BCUT2D eigenvalue weighted by atomic mass is 9.77. The molecule has 0 amide bonds. The number of rotatable bonds is 13. The largest absolute Gasteiger partial charge is 0.479 e. The van der Waals surface area contributed by atoms with Crippen LogP contribution >= 0.6 is 70.3 Å². The third-order valence-electron chi connectivity index (χ3n) is 9.31. The van der Waals surface area contributed by atoms with Crippen LogP contribution in [-0.4, -0.2) is 35.4 Å². The summed E-state index contributed by atoms with van der Waals surface area (Å²) < 4.78 is 12.8. The second-order valence-corrected chi connectivity index (χ2v) is 18.5. The van der Waals surface area contributed by atoms with Gasteiger partial charge in [0.2, 0.25) is 11.6 Å². The van der Waals surface area contributed by atoms with Gasteiger partial charge < -0.3 is 10.2 Å². The van der Waals surface area contributed by atoms with E-state index in [1.807, 2.05) is 33.7 Å². The van der Waals surface area contributed by atoms with Crippen molar-refractivity contribution in [1.82, 2.24) is 0 Å². The number of thioether (sulfide) groups is 1. The molecule has 0 spiro atoms. The smallest absolute Gasteiger partial charge is 0.333 e. The van der Waals surface area contributed by atoms with Crippen molar-refractivity contribution in [2.24, 2.45) is 5.92 Å². The van der Waals surface area contributed by atoms with E-state index in [-0.39, 0.29) is 0 Å². The number of thiazole rings is 1. The van der Waals surface area contributed by atoms with Gasteiger partial charge >= 0.3 is 11.9 Å². The van der Waals surface area contributed by atoms with Crippen LogP contribution < -0.4 is 9.47 Å². The lowest BCUT2D eigenvalue weighted by Crippen LogP contribution is -2.29. The molecule has 8 rings (SSSR count). The van der Waals surface area contributed by atoms with Crippen LogP contribution in [0.1, 0.15) is 30.7 Å². The topological polar surface area (TPSA) is 119 Å². The normalized spacial score (nSPS) is 17.0. The van der Waals surface area contributed by atoms with E-state index in [4.69, 9.17) is 18.9 Å². The Balaban J connectivity index is 1.07. The SMILES string of the molecule is O=C(O)COOSC#CN1/C(=C/C2=CC3=C/C(=C/c4sc5cc(Sc6ccccc6)ccc5[n+]4C#CSOOCC(=O)O)CCC3CC2)Sc2cc(-c3cccs3)ccc21. The number of thiophene rings is 1. The first kappa shape index (κ1) is 42.0. The van der Waals surface area contributed by atoms with E-state index < -0.39 is 25.2 Å². The predicted molar refractivity (Wildman–Crippen MR) is 240 cm³/mol. The number of aromatic nitrogens is 1. The van der Waals surface area contributed by atoms with E-state index in [1.54, 1.807) is 46.2 Å². The molecule has 16 heteroatoms. The van der Waals surface area contributed by atoms with Gasteiger partial charge in [0.25, 0.3) is 5.01 Å². The van der Waals surface area contributed by atoms with Crippen molar-refractivity contribution in [2.45, 2.75) is 40.4 Å². The number of carbonyl (C=O) groups is 2. The standard InChI is InChI=1S/C44H32N2O8S6/c47-43(48)27-51-53-56-19-16-45-36-14-12-32(38-7-4-18-55-38)25-39(36)59-41(45)23-29-8-10-31-11-9-30(22-33(31)21-29)24-42-46(17-20-57-54-52-28-44(49)50)37-15-13-35(26-40(37)60-42)58-34-5-2-1-3-6-34/h1-7,12-15,18,21-26,31H,8-11,27-28H2,(H-,47,48,49,50)/p+1. The maximum atomic E-state index is 10.8. The zero-order chi connectivity index (χ0) is 41.3. The van der Waals surface area contributed by atoms with Gasteiger partial charge in [-0.05, 0) is 108 Å². The van der Waals surface area contributed by atoms with Crippen LogP contribution in [0, 0.1) is 28.5 Å². The summed E-state index contributed by atoms with van der Waals surface area (Å²) in [5, 5.41) is 27.5. The average molecular weight is 910 g/mol. The Morgan fingerprint density at radius 2 is 1.67 bits per heavy atom. The molecule has 1 aliphatic heterocycles.